The molecule has 18 aromatic rings. The molecule has 4 radical (unpaired) electrons. The monoisotopic (exact) mass is 1930 g/mol. The Labute approximate surface area is 600 Å². The van der Waals surface area contributed by atoms with Gasteiger partial charge < -0.3 is 17.6 Å². The summed E-state index contributed by atoms with van der Waals surface area (Å²) in [5.74, 6) is 0.496. The van der Waals surface area contributed by atoms with Crippen LogP contribution in [0.5, 0.6) is 0 Å². The fourth-order valence-electron chi connectivity index (χ4n) is 13.5. The minimum absolute atomic E-state index is 0. The van der Waals surface area contributed by atoms with Gasteiger partial charge in [-0.3, -0.25) is 19.9 Å². The summed E-state index contributed by atoms with van der Waals surface area (Å²) in [6, 6.07) is 75.7. The van der Waals surface area contributed by atoms with Gasteiger partial charge in [0.1, 0.15) is 0 Å². The smallest absolute Gasteiger partial charge is 0.0774 e. The molecule has 18 rings (SSSR count). The van der Waals surface area contributed by atoms with Crippen molar-refractivity contribution in [2.24, 2.45) is 0 Å². The summed E-state index contributed by atoms with van der Waals surface area (Å²) in [6.45, 7) is 22.1. The Bertz CT molecular complexity index is 5890. The fourth-order valence-corrected chi connectivity index (χ4v) is 13.5. The molecule has 8 heterocycles. The van der Waals surface area contributed by atoms with E-state index in [1.165, 1.54) is 121 Å². The SMILES string of the molecule is Cc1cc[c-]c2c1c1ccccc1n1c3cc(C(C)C)ccc3nc21.Cc1ccc2c(c1)c1ccc[c-]c1c1nccn21.Cc1ccc2c3ccc[c-]c3c3nccn3c2c1.Cc1cccc(C)c1-c1cc(C(C)(C)C)cc2c3ccc[c-]c3c3nccn3c12.[Ir].[Ir].[Ir].[Ir]. The molecule has 0 aliphatic heterocycles. The summed E-state index contributed by atoms with van der Waals surface area (Å²) in [6.07, 6.45) is 11.7. The molecular weight excluding hydrogens is 1870 g/mol. The molecule has 0 unspecified atom stereocenters. The third-order valence-corrected chi connectivity index (χ3v) is 18.0. The summed E-state index contributed by atoms with van der Waals surface area (Å²) in [5, 5.41) is 14.3. The molecule has 0 amide bonds. The zero-order chi connectivity index (χ0) is 61.7. The Morgan fingerprint density at radius 1 is 0.404 bits per heavy atom. The Morgan fingerprint density at radius 3 is 1.60 bits per heavy atom. The van der Waals surface area contributed by atoms with Gasteiger partial charge in [-0.05, 0) is 130 Å². The summed E-state index contributed by atoms with van der Waals surface area (Å²) < 4.78 is 8.81. The molecule has 0 atom stereocenters. The van der Waals surface area contributed by atoms with Gasteiger partial charge in [0.05, 0.1) is 33.6 Å². The second-order valence-corrected chi connectivity index (χ2v) is 25.3. The standard InChI is InChI=1S/C27H25N2.C23H19N2.2C16H11N2.4Ir/c1-17-9-8-10-18(2)24(17)23-16-19(27(3,4)5)15-22-20-11-6-7-12-21(20)26-28-13-14-29(26)25(22)23;1-14(2)16-11-12-19-21(13-16)25-20-10-5-4-8-17(20)22-15(3)7-6-9-18(22)23(25)24-19;1-11-6-7-13-12-4-2-3-5-14(12)16-17-8-9-18(16)15(13)10-11;1-11-6-7-15-14(10-11)12-4-2-3-5-13(12)16-17-8-9-18(15)16;;;;/h6-11,13-16H,1-5H3;4-8,10-14H,1-3H3;2*2-4,6-10H,1H3;;;;/q4*-1;;;;. The zero-order valence-electron chi connectivity index (χ0n) is 53.7. The summed E-state index contributed by atoms with van der Waals surface area (Å²) >= 11 is 0. The first-order valence-corrected chi connectivity index (χ1v) is 31.0. The largest absolute Gasteiger partial charge is 0.340 e. The second kappa shape index (κ2) is 27.0. The Kier molecular flexibility index (Phi) is 19.3. The van der Waals surface area contributed by atoms with Crippen LogP contribution in [0.3, 0.4) is 0 Å². The van der Waals surface area contributed by atoms with E-state index in [2.05, 4.69) is 272 Å². The van der Waals surface area contributed by atoms with Gasteiger partial charge in [0, 0.05) is 145 Å². The van der Waals surface area contributed by atoms with Gasteiger partial charge in [-0.15, -0.1) is 113 Å². The number of pyridine rings is 4. The first kappa shape index (κ1) is 67.3. The van der Waals surface area contributed by atoms with Gasteiger partial charge in [-0.2, -0.15) is 0 Å². The van der Waals surface area contributed by atoms with Crippen molar-refractivity contribution in [2.45, 2.75) is 80.6 Å². The van der Waals surface area contributed by atoms with Crippen LogP contribution in [0.1, 0.15) is 79.5 Å². The number of nitrogens with zero attached hydrogens (tertiary/aromatic N) is 8. The normalized spacial score (nSPS) is 11.5. The van der Waals surface area contributed by atoms with E-state index in [1.54, 1.807) is 0 Å². The Hall–Kier alpha value is -8.10. The molecule has 12 heteroatoms. The van der Waals surface area contributed by atoms with Crippen LogP contribution < -0.4 is 0 Å². The van der Waals surface area contributed by atoms with E-state index in [4.69, 9.17) is 4.98 Å². The summed E-state index contributed by atoms with van der Waals surface area (Å²) in [5.41, 5.74) is 22.7. The second-order valence-electron chi connectivity index (χ2n) is 25.3. The van der Waals surface area contributed by atoms with Gasteiger partial charge in [0.25, 0.3) is 0 Å². The van der Waals surface area contributed by atoms with E-state index in [0.29, 0.717) is 5.92 Å². The summed E-state index contributed by atoms with van der Waals surface area (Å²) in [4.78, 5) is 18.6. The molecule has 0 fully saturated rings. The van der Waals surface area contributed by atoms with Crippen LogP contribution in [-0.4, -0.2) is 37.5 Å². The number of aryl methyl sites for hydroxylation is 5. The van der Waals surface area contributed by atoms with Crippen LogP contribution in [0.15, 0.2) is 213 Å². The topological polar surface area (TPSA) is 69.2 Å². The minimum Gasteiger partial charge on any atom is -0.340 e. The van der Waals surface area contributed by atoms with Crippen LogP contribution in [0, 0.1) is 58.9 Å². The predicted molar refractivity (Wildman–Crippen MR) is 376 cm³/mol. The maximum absolute atomic E-state index is 4.97. The molecule has 474 valence electrons. The van der Waals surface area contributed by atoms with E-state index in [0.717, 1.165) is 49.7 Å². The third-order valence-electron chi connectivity index (χ3n) is 18.0. The van der Waals surface area contributed by atoms with Crippen molar-refractivity contribution in [3.05, 3.63) is 276 Å². The Morgan fingerprint density at radius 2 is 0.957 bits per heavy atom. The van der Waals surface area contributed by atoms with Crippen molar-refractivity contribution in [1.82, 2.24) is 37.5 Å². The fraction of sp³-hybridized carbons (Fsp3) is 0.146. The molecule has 0 aliphatic carbocycles. The van der Waals surface area contributed by atoms with Crippen LogP contribution in [-0.2, 0) is 85.8 Å². The number of benzene rings is 10. The third kappa shape index (κ3) is 11.6. The van der Waals surface area contributed by atoms with Crippen molar-refractivity contribution in [3.8, 4) is 11.1 Å². The van der Waals surface area contributed by atoms with E-state index >= 15 is 0 Å². The average Bonchev–Trinajstić information content (AvgIpc) is 1.38. The molecule has 8 aromatic heterocycles. The van der Waals surface area contributed by atoms with Crippen molar-refractivity contribution in [2.75, 3.05) is 0 Å². The van der Waals surface area contributed by atoms with Gasteiger partial charge in [-0.1, -0.05) is 147 Å². The predicted octanol–water partition coefficient (Wildman–Crippen LogP) is 20.5. The molecule has 0 aliphatic rings. The quantitative estimate of drug-likeness (QED) is 0.128. The van der Waals surface area contributed by atoms with E-state index in [-0.39, 0.29) is 85.8 Å². The van der Waals surface area contributed by atoms with Crippen molar-refractivity contribution in [3.63, 3.8) is 0 Å². The van der Waals surface area contributed by atoms with Crippen LogP contribution in [0.2, 0.25) is 0 Å². The van der Waals surface area contributed by atoms with Crippen LogP contribution in [0.25, 0.3) is 131 Å². The van der Waals surface area contributed by atoms with E-state index < -0.39 is 0 Å². The molecule has 0 spiro atoms. The van der Waals surface area contributed by atoms with Crippen molar-refractivity contribution in [1.29, 1.82) is 0 Å². The number of aromatic nitrogens is 8. The van der Waals surface area contributed by atoms with Gasteiger partial charge in [0.15, 0.2) is 0 Å². The molecule has 8 nitrogen and oxygen atoms in total. The van der Waals surface area contributed by atoms with E-state index in [9.17, 15) is 0 Å². The number of fused-ring (bicyclic) bond motifs is 26. The Balaban J connectivity index is 0.000000128. The summed E-state index contributed by atoms with van der Waals surface area (Å²) in [7, 11) is 0. The maximum atomic E-state index is 4.97. The number of imidazole rings is 4. The van der Waals surface area contributed by atoms with Gasteiger partial charge >= 0.3 is 0 Å². The molecule has 94 heavy (non-hydrogen) atoms. The first-order valence-electron chi connectivity index (χ1n) is 31.0. The molecule has 10 aromatic carbocycles. The number of para-hydroxylation sites is 1. The van der Waals surface area contributed by atoms with Crippen LogP contribution in [0.4, 0.5) is 0 Å². The average molecular weight is 1930 g/mol. The van der Waals surface area contributed by atoms with Crippen molar-refractivity contribution < 1.29 is 80.4 Å². The molecule has 0 saturated heterocycles. The van der Waals surface area contributed by atoms with Crippen molar-refractivity contribution >= 4 is 120 Å². The van der Waals surface area contributed by atoms with Crippen LogP contribution >= 0.6 is 0 Å². The maximum Gasteiger partial charge on any atom is 0.0774 e. The zero-order valence-corrected chi connectivity index (χ0v) is 63.3. The molecular formula is C82H66Ir4N8-4. The molecule has 0 saturated carbocycles. The first-order chi connectivity index (χ1) is 43.7. The van der Waals surface area contributed by atoms with Gasteiger partial charge in [-0.25, -0.2) is 0 Å². The number of hydrogen-bond acceptors (Lipinski definition) is 4. The molecule has 0 N–H and O–H groups in total. The minimum atomic E-state index is 0. The van der Waals surface area contributed by atoms with Gasteiger partial charge in [0.2, 0.25) is 0 Å². The number of hydrogen-bond donors (Lipinski definition) is 0. The molecule has 0 bridgehead atoms. The number of rotatable bonds is 2. The van der Waals surface area contributed by atoms with E-state index in [1.807, 2.05) is 67.4 Å².